The summed E-state index contributed by atoms with van der Waals surface area (Å²) in [5.74, 6) is 0. The van der Waals surface area contributed by atoms with Crippen molar-refractivity contribution in [2.75, 3.05) is 6.54 Å². The van der Waals surface area contributed by atoms with Crippen LogP contribution in [0.2, 0.25) is 0 Å². The fraction of sp³-hybridized carbons (Fsp3) is 0.211. The molecule has 3 aromatic rings. The van der Waals surface area contributed by atoms with Gasteiger partial charge in [0.2, 0.25) is 0 Å². The van der Waals surface area contributed by atoms with Crippen molar-refractivity contribution in [2.24, 2.45) is 0 Å². The Morgan fingerprint density at radius 2 is 1.91 bits per heavy atom. The molecule has 1 aliphatic heterocycles. The third-order valence-electron chi connectivity index (χ3n) is 4.34. The lowest BCUT2D eigenvalue weighted by Crippen LogP contribution is -2.30. The molecule has 0 saturated carbocycles. The number of hydrogen-bond donors (Lipinski definition) is 2. The molecule has 0 unspecified atom stereocenters. The Kier molecular flexibility index (Phi) is 3.28. The Balaban J connectivity index is 1.66. The highest BCUT2D eigenvalue weighted by atomic mass is 15.0. The van der Waals surface area contributed by atoms with Gasteiger partial charge in [0.05, 0.1) is 18.1 Å². The number of aromatic nitrogens is 2. The summed E-state index contributed by atoms with van der Waals surface area (Å²) in [5.41, 5.74) is 7.47. The highest BCUT2D eigenvalue weighted by Crippen LogP contribution is 2.28. The van der Waals surface area contributed by atoms with Crippen LogP contribution in [0.3, 0.4) is 0 Å². The van der Waals surface area contributed by atoms with Crippen LogP contribution in [0, 0.1) is 6.92 Å². The van der Waals surface area contributed by atoms with Crippen LogP contribution in [0.25, 0.3) is 11.1 Å². The summed E-state index contributed by atoms with van der Waals surface area (Å²) in [6.45, 7) is 3.11. The molecule has 3 heteroatoms. The number of H-pyrrole nitrogens is 1. The minimum atomic E-state index is 0.196. The molecular formula is C19H19N3. The summed E-state index contributed by atoms with van der Waals surface area (Å²) >= 11 is 0. The molecule has 0 bridgehead atoms. The van der Waals surface area contributed by atoms with Crippen LogP contribution in [0.4, 0.5) is 0 Å². The SMILES string of the molecule is Cc1cccc(-c2ccc([C@@H]3NCCc4[nH]cnc43)cc2)c1. The van der Waals surface area contributed by atoms with Crippen molar-refractivity contribution in [1.82, 2.24) is 15.3 Å². The molecule has 2 N–H and O–H groups in total. The van der Waals surface area contributed by atoms with E-state index in [0.29, 0.717) is 0 Å². The quantitative estimate of drug-likeness (QED) is 0.756. The van der Waals surface area contributed by atoms with Crippen molar-refractivity contribution in [3.05, 3.63) is 77.4 Å². The fourth-order valence-electron chi connectivity index (χ4n) is 3.19. The first-order chi connectivity index (χ1) is 10.8. The predicted octanol–water partition coefficient (Wildman–Crippen LogP) is 3.62. The maximum atomic E-state index is 4.49. The summed E-state index contributed by atoms with van der Waals surface area (Å²) in [6, 6.07) is 17.6. The van der Waals surface area contributed by atoms with Crippen molar-refractivity contribution in [3.8, 4) is 11.1 Å². The predicted molar refractivity (Wildman–Crippen MR) is 88.8 cm³/mol. The second-order valence-corrected chi connectivity index (χ2v) is 5.89. The molecule has 1 atom stereocenters. The van der Waals surface area contributed by atoms with Gasteiger partial charge in [0.15, 0.2) is 0 Å². The van der Waals surface area contributed by atoms with Gasteiger partial charge in [-0.05, 0) is 23.6 Å². The monoisotopic (exact) mass is 289 g/mol. The summed E-state index contributed by atoms with van der Waals surface area (Å²) < 4.78 is 0. The Labute approximate surface area is 130 Å². The van der Waals surface area contributed by atoms with Crippen LogP contribution in [0.15, 0.2) is 54.9 Å². The van der Waals surface area contributed by atoms with Crippen molar-refractivity contribution in [3.63, 3.8) is 0 Å². The summed E-state index contributed by atoms with van der Waals surface area (Å²) in [5, 5.41) is 3.56. The molecule has 0 fully saturated rings. The zero-order chi connectivity index (χ0) is 14.9. The van der Waals surface area contributed by atoms with E-state index in [2.05, 4.69) is 70.7 Å². The highest BCUT2D eigenvalue weighted by molar-refractivity contribution is 5.64. The molecule has 22 heavy (non-hydrogen) atoms. The van der Waals surface area contributed by atoms with E-state index in [1.165, 1.54) is 27.9 Å². The van der Waals surface area contributed by atoms with Gasteiger partial charge >= 0.3 is 0 Å². The normalized spacial score (nSPS) is 17.2. The lowest BCUT2D eigenvalue weighted by Gasteiger charge is -2.23. The summed E-state index contributed by atoms with van der Waals surface area (Å²) in [7, 11) is 0. The molecule has 1 aliphatic rings. The van der Waals surface area contributed by atoms with Crippen molar-refractivity contribution >= 4 is 0 Å². The van der Waals surface area contributed by atoms with Gasteiger partial charge in [-0.2, -0.15) is 0 Å². The highest BCUT2D eigenvalue weighted by Gasteiger charge is 2.23. The van der Waals surface area contributed by atoms with Gasteiger partial charge in [-0.25, -0.2) is 4.98 Å². The molecule has 0 amide bonds. The first-order valence-electron chi connectivity index (χ1n) is 7.74. The number of nitrogens with one attached hydrogen (secondary N) is 2. The van der Waals surface area contributed by atoms with Gasteiger partial charge in [0, 0.05) is 18.7 Å². The number of benzene rings is 2. The Bertz CT molecular complexity index is 786. The standard InChI is InChI=1S/C19H19N3/c1-13-3-2-4-16(11-13)14-5-7-15(8-6-14)18-19-17(9-10-20-18)21-12-22-19/h2-8,11-12,18,20H,9-10H2,1H3,(H,21,22)/t18-/m0/s1. The zero-order valence-electron chi connectivity index (χ0n) is 12.6. The first-order valence-corrected chi connectivity index (χ1v) is 7.74. The van der Waals surface area contributed by atoms with Crippen LogP contribution in [0.1, 0.15) is 28.6 Å². The van der Waals surface area contributed by atoms with Crippen molar-refractivity contribution in [1.29, 1.82) is 0 Å². The van der Waals surface area contributed by atoms with Crippen molar-refractivity contribution < 1.29 is 0 Å². The van der Waals surface area contributed by atoms with Crippen molar-refractivity contribution in [2.45, 2.75) is 19.4 Å². The smallest absolute Gasteiger partial charge is 0.0926 e. The third kappa shape index (κ3) is 2.34. The van der Waals surface area contributed by atoms with E-state index in [-0.39, 0.29) is 6.04 Å². The summed E-state index contributed by atoms with van der Waals surface area (Å²) in [4.78, 5) is 7.74. The number of aryl methyl sites for hydroxylation is 1. The van der Waals surface area contributed by atoms with E-state index in [1.807, 2.05) is 0 Å². The van der Waals surface area contributed by atoms with E-state index < -0.39 is 0 Å². The average Bonchev–Trinajstić information content (AvgIpc) is 3.04. The van der Waals surface area contributed by atoms with Gasteiger partial charge in [0.1, 0.15) is 0 Å². The molecule has 0 aliphatic carbocycles. The number of nitrogens with zero attached hydrogens (tertiary/aromatic N) is 1. The number of aromatic amines is 1. The summed E-state index contributed by atoms with van der Waals surface area (Å²) in [6.07, 6.45) is 2.82. The molecule has 4 rings (SSSR count). The molecular weight excluding hydrogens is 270 g/mol. The van der Waals surface area contributed by atoms with Gasteiger partial charge < -0.3 is 10.3 Å². The molecule has 2 heterocycles. The topological polar surface area (TPSA) is 40.7 Å². The fourth-order valence-corrected chi connectivity index (χ4v) is 3.19. The molecule has 110 valence electrons. The molecule has 2 aromatic carbocycles. The van der Waals surface area contributed by atoms with Crippen LogP contribution >= 0.6 is 0 Å². The van der Waals surface area contributed by atoms with Crippen LogP contribution in [-0.2, 0) is 6.42 Å². The number of fused-ring (bicyclic) bond motifs is 1. The van der Waals surface area contributed by atoms with Gasteiger partial charge in [-0.3, -0.25) is 0 Å². The van der Waals surface area contributed by atoms with E-state index in [0.717, 1.165) is 18.7 Å². The number of imidazole rings is 1. The molecule has 0 saturated heterocycles. The van der Waals surface area contributed by atoms with E-state index in [9.17, 15) is 0 Å². The van der Waals surface area contributed by atoms with E-state index >= 15 is 0 Å². The van der Waals surface area contributed by atoms with E-state index in [4.69, 9.17) is 0 Å². The van der Waals surface area contributed by atoms with Crippen LogP contribution in [0.5, 0.6) is 0 Å². The van der Waals surface area contributed by atoms with Gasteiger partial charge in [0.25, 0.3) is 0 Å². The second-order valence-electron chi connectivity index (χ2n) is 5.89. The third-order valence-corrected chi connectivity index (χ3v) is 4.34. The lowest BCUT2D eigenvalue weighted by atomic mass is 9.95. The minimum absolute atomic E-state index is 0.196. The molecule has 3 nitrogen and oxygen atoms in total. The number of rotatable bonds is 2. The minimum Gasteiger partial charge on any atom is -0.348 e. The molecule has 1 aromatic heterocycles. The first kappa shape index (κ1) is 13.3. The van der Waals surface area contributed by atoms with E-state index in [1.54, 1.807) is 6.33 Å². The second kappa shape index (κ2) is 5.43. The van der Waals surface area contributed by atoms with Gasteiger partial charge in [-0.1, -0.05) is 54.1 Å². The molecule has 0 radical (unpaired) electrons. The Morgan fingerprint density at radius 1 is 1.05 bits per heavy atom. The van der Waals surface area contributed by atoms with Crippen LogP contribution < -0.4 is 5.32 Å². The average molecular weight is 289 g/mol. The molecule has 0 spiro atoms. The number of hydrogen-bond acceptors (Lipinski definition) is 2. The van der Waals surface area contributed by atoms with Crippen LogP contribution in [-0.4, -0.2) is 16.5 Å². The largest absolute Gasteiger partial charge is 0.348 e. The lowest BCUT2D eigenvalue weighted by molar-refractivity contribution is 0.553. The maximum absolute atomic E-state index is 4.49. The van der Waals surface area contributed by atoms with Gasteiger partial charge in [-0.15, -0.1) is 0 Å². The Morgan fingerprint density at radius 3 is 2.73 bits per heavy atom. The zero-order valence-corrected chi connectivity index (χ0v) is 12.6. The maximum Gasteiger partial charge on any atom is 0.0926 e. The Hall–Kier alpha value is -2.39.